The Bertz CT molecular complexity index is 457. The third kappa shape index (κ3) is 1.98. The first-order valence-corrected chi connectivity index (χ1v) is 5.00. The fourth-order valence-corrected chi connectivity index (χ4v) is 1.70. The Morgan fingerprint density at radius 3 is 2.88 bits per heavy atom. The van der Waals surface area contributed by atoms with E-state index in [1.165, 1.54) is 12.1 Å². The van der Waals surface area contributed by atoms with Gasteiger partial charge in [-0.25, -0.2) is 4.79 Å². The first-order valence-electron chi connectivity index (χ1n) is 5.00. The smallest absolute Gasteiger partial charge is 0.335 e. The predicted molar refractivity (Wildman–Crippen MR) is 59.7 cm³/mol. The van der Waals surface area contributed by atoms with Gasteiger partial charge in [0.25, 0.3) is 0 Å². The number of aromatic carboxylic acids is 1. The molecule has 0 saturated heterocycles. The topological polar surface area (TPSA) is 78.4 Å². The van der Waals surface area contributed by atoms with Crippen LogP contribution in [0, 0.1) is 0 Å². The molecule has 84 valence electrons. The molecule has 1 aromatic rings. The van der Waals surface area contributed by atoms with E-state index in [1.807, 2.05) is 6.92 Å². The Labute approximate surface area is 92.5 Å². The molecule has 16 heavy (non-hydrogen) atoms. The van der Waals surface area contributed by atoms with Crippen molar-refractivity contribution in [1.29, 1.82) is 0 Å². The van der Waals surface area contributed by atoms with Crippen molar-refractivity contribution in [2.45, 2.75) is 19.4 Å². The van der Waals surface area contributed by atoms with Crippen LogP contribution in [0.3, 0.4) is 0 Å². The number of carbonyl (C=O) groups excluding carboxylic acids is 1. The van der Waals surface area contributed by atoms with Crippen LogP contribution < -0.4 is 10.6 Å². The van der Waals surface area contributed by atoms with Crippen LogP contribution in [0.5, 0.6) is 0 Å². The summed E-state index contributed by atoms with van der Waals surface area (Å²) in [6.45, 7) is 1.90. The highest BCUT2D eigenvalue weighted by molar-refractivity contribution is 5.99. The molecule has 1 amide bonds. The summed E-state index contributed by atoms with van der Waals surface area (Å²) in [5.41, 5.74) is 1.44. The lowest BCUT2D eigenvalue weighted by atomic mass is 10.1. The zero-order chi connectivity index (χ0) is 11.7. The maximum absolute atomic E-state index is 11.4. The third-order valence-corrected chi connectivity index (χ3v) is 2.43. The number of carboxylic acid groups (broad SMARTS) is 1. The molecule has 0 aliphatic carbocycles. The predicted octanol–water partition coefficient (Wildman–Crippen LogP) is 1.53. The van der Waals surface area contributed by atoms with Gasteiger partial charge in [0.15, 0.2) is 0 Å². The van der Waals surface area contributed by atoms with Crippen molar-refractivity contribution >= 4 is 23.3 Å². The van der Waals surface area contributed by atoms with Gasteiger partial charge in [-0.2, -0.15) is 0 Å². The quantitative estimate of drug-likeness (QED) is 0.670. The average molecular weight is 220 g/mol. The monoisotopic (exact) mass is 220 g/mol. The molecular formula is C11H12N2O3. The molecule has 0 saturated carbocycles. The van der Waals surface area contributed by atoms with Crippen LogP contribution in [0.1, 0.15) is 23.7 Å². The Hall–Kier alpha value is -2.04. The van der Waals surface area contributed by atoms with E-state index in [-0.39, 0.29) is 17.5 Å². The van der Waals surface area contributed by atoms with Crippen molar-refractivity contribution in [1.82, 2.24) is 0 Å². The molecule has 1 aliphatic heterocycles. The zero-order valence-corrected chi connectivity index (χ0v) is 8.78. The molecule has 0 bridgehead atoms. The lowest BCUT2D eigenvalue weighted by molar-refractivity contribution is -0.116. The summed E-state index contributed by atoms with van der Waals surface area (Å²) in [6.07, 6.45) is 0.372. The highest BCUT2D eigenvalue weighted by Gasteiger charge is 2.18. The largest absolute Gasteiger partial charge is 0.478 e. The van der Waals surface area contributed by atoms with Gasteiger partial charge >= 0.3 is 5.97 Å². The summed E-state index contributed by atoms with van der Waals surface area (Å²) < 4.78 is 0. The molecule has 0 radical (unpaired) electrons. The van der Waals surface area contributed by atoms with E-state index in [0.717, 1.165) is 5.69 Å². The average Bonchev–Trinajstić information content (AvgIpc) is 2.32. The van der Waals surface area contributed by atoms with Crippen molar-refractivity contribution in [3.05, 3.63) is 23.8 Å². The second-order valence-electron chi connectivity index (χ2n) is 3.86. The van der Waals surface area contributed by atoms with Crippen molar-refractivity contribution in [3.8, 4) is 0 Å². The molecule has 1 atom stereocenters. The summed E-state index contributed by atoms with van der Waals surface area (Å²) in [4.78, 5) is 22.2. The zero-order valence-electron chi connectivity index (χ0n) is 8.78. The Morgan fingerprint density at radius 2 is 2.19 bits per heavy atom. The number of anilines is 2. The molecule has 5 heteroatoms. The van der Waals surface area contributed by atoms with Gasteiger partial charge in [0, 0.05) is 12.5 Å². The summed E-state index contributed by atoms with van der Waals surface area (Å²) in [7, 11) is 0. The van der Waals surface area contributed by atoms with Crippen LogP contribution in [0.25, 0.3) is 0 Å². The minimum Gasteiger partial charge on any atom is -0.478 e. The SMILES string of the molecule is C[C@@H]1CC(=O)Nc2cc(C(=O)O)ccc2N1. The number of carbonyl (C=O) groups is 2. The number of rotatable bonds is 1. The van der Waals surface area contributed by atoms with E-state index in [9.17, 15) is 9.59 Å². The van der Waals surface area contributed by atoms with E-state index < -0.39 is 5.97 Å². The van der Waals surface area contributed by atoms with Crippen LogP contribution in [0.4, 0.5) is 11.4 Å². The maximum atomic E-state index is 11.4. The van der Waals surface area contributed by atoms with Crippen molar-refractivity contribution in [3.63, 3.8) is 0 Å². The lowest BCUT2D eigenvalue weighted by Crippen LogP contribution is -2.18. The van der Waals surface area contributed by atoms with E-state index in [4.69, 9.17) is 5.11 Å². The van der Waals surface area contributed by atoms with Crippen molar-refractivity contribution in [2.75, 3.05) is 10.6 Å². The van der Waals surface area contributed by atoms with E-state index >= 15 is 0 Å². The van der Waals surface area contributed by atoms with Gasteiger partial charge in [0.1, 0.15) is 0 Å². The van der Waals surface area contributed by atoms with E-state index in [2.05, 4.69) is 10.6 Å². The van der Waals surface area contributed by atoms with Gasteiger partial charge in [-0.15, -0.1) is 0 Å². The molecule has 0 unspecified atom stereocenters. The second-order valence-corrected chi connectivity index (χ2v) is 3.86. The molecule has 1 aromatic carbocycles. The standard InChI is InChI=1S/C11H12N2O3/c1-6-4-10(14)13-9-5-7(11(15)16)2-3-8(9)12-6/h2-3,5-6,12H,4H2,1H3,(H,13,14)(H,15,16)/t6-/m1/s1. The van der Waals surface area contributed by atoms with Gasteiger partial charge in [-0.05, 0) is 25.1 Å². The fourth-order valence-electron chi connectivity index (χ4n) is 1.70. The number of amides is 1. The molecule has 0 aromatic heterocycles. The van der Waals surface area contributed by atoms with Gasteiger partial charge in [0.05, 0.1) is 16.9 Å². The maximum Gasteiger partial charge on any atom is 0.335 e. The number of hydrogen-bond acceptors (Lipinski definition) is 3. The number of nitrogens with one attached hydrogen (secondary N) is 2. The third-order valence-electron chi connectivity index (χ3n) is 2.43. The van der Waals surface area contributed by atoms with E-state index in [0.29, 0.717) is 12.1 Å². The Kier molecular flexibility index (Phi) is 2.52. The van der Waals surface area contributed by atoms with Gasteiger partial charge < -0.3 is 15.7 Å². The first kappa shape index (κ1) is 10.5. The van der Waals surface area contributed by atoms with Crippen LogP contribution >= 0.6 is 0 Å². The molecule has 1 heterocycles. The summed E-state index contributed by atoms with van der Waals surface area (Å²) in [6, 6.07) is 4.68. The number of benzene rings is 1. The molecule has 5 nitrogen and oxygen atoms in total. The van der Waals surface area contributed by atoms with Crippen LogP contribution in [0.15, 0.2) is 18.2 Å². The Morgan fingerprint density at radius 1 is 1.44 bits per heavy atom. The molecule has 1 aliphatic rings. The highest BCUT2D eigenvalue weighted by Crippen LogP contribution is 2.27. The van der Waals surface area contributed by atoms with Crippen LogP contribution in [-0.2, 0) is 4.79 Å². The van der Waals surface area contributed by atoms with Crippen molar-refractivity contribution < 1.29 is 14.7 Å². The van der Waals surface area contributed by atoms with E-state index in [1.54, 1.807) is 6.07 Å². The first-order chi connectivity index (χ1) is 7.56. The molecular weight excluding hydrogens is 208 g/mol. The molecule has 3 N–H and O–H groups in total. The minimum atomic E-state index is -1.01. The second kappa shape index (κ2) is 3.84. The fraction of sp³-hybridized carbons (Fsp3) is 0.273. The van der Waals surface area contributed by atoms with Gasteiger partial charge in [0.2, 0.25) is 5.91 Å². The van der Waals surface area contributed by atoms with Crippen LogP contribution in [-0.4, -0.2) is 23.0 Å². The summed E-state index contributed by atoms with van der Waals surface area (Å²) >= 11 is 0. The summed E-state index contributed by atoms with van der Waals surface area (Å²) in [5, 5.41) is 14.7. The van der Waals surface area contributed by atoms with Crippen molar-refractivity contribution in [2.24, 2.45) is 0 Å². The molecule has 0 fully saturated rings. The minimum absolute atomic E-state index is 0.0388. The normalized spacial score (nSPS) is 19.1. The van der Waals surface area contributed by atoms with Crippen LogP contribution in [0.2, 0.25) is 0 Å². The lowest BCUT2D eigenvalue weighted by Gasteiger charge is -2.11. The van der Waals surface area contributed by atoms with Gasteiger partial charge in [-0.1, -0.05) is 0 Å². The highest BCUT2D eigenvalue weighted by atomic mass is 16.4. The van der Waals surface area contributed by atoms with Gasteiger partial charge in [-0.3, -0.25) is 4.79 Å². The number of hydrogen-bond donors (Lipinski definition) is 3. The Balaban J connectivity index is 2.42. The molecule has 0 spiro atoms. The number of carboxylic acids is 1. The summed E-state index contributed by atoms with van der Waals surface area (Å²) in [5.74, 6) is -1.12. The number of fused-ring (bicyclic) bond motifs is 1. The molecule has 2 rings (SSSR count).